The maximum atomic E-state index is 13.3. The van der Waals surface area contributed by atoms with E-state index in [2.05, 4.69) is 15.6 Å². The number of halogens is 1. The molecule has 3 aromatic rings. The van der Waals surface area contributed by atoms with Gasteiger partial charge in [0, 0.05) is 37.1 Å². The quantitative estimate of drug-likeness (QED) is 0.733. The van der Waals surface area contributed by atoms with Gasteiger partial charge in [0.25, 0.3) is 5.91 Å². The van der Waals surface area contributed by atoms with Crippen molar-refractivity contribution in [1.82, 2.24) is 14.9 Å². The van der Waals surface area contributed by atoms with Crippen molar-refractivity contribution >= 4 is 17.5 Å². The van der Waals surface area contributed by atoms with Crippen molar-refractivity contribution in [1.29, 1.82) is 0 Å². The molecule has 142 valence electrons. The van der Waals surface area contributed by atoms with Gasteiger partial charge >= 0.3 is 0 Å². The second-order valence-electron chi connectivity index (χ2n) is 6.77. The van der Waals surface area contributed by atoms with E-state index in [1.165, 1.54) is 12.1 Å². The third-order valence-corrected chi connectivity index (χ3v) is 4.86. The van der Waals surface area contributed by atoms with Crippen LogP contribution in [-0.2, 0) is 18.3 Å². The number of aryl methyl sites for hydroxylation is 2. The molecule has 0 fully saturated rings. The number of carbonyl (C=O) groups is 2. The lowest BCUT2D eigenvalue weighted by Crippen LogP contribution is -2.31. The Labute approximate surface area is 161 Å². The van der Waals surface area contributed by atoms with Crippen molar-refractivity contribution in [3.8, 4) is 0 Å². The Balaban J connectivity index is 1.63. The number of nitrogens with one attached hydrogen (secondary N) is 2. The zero-order valence-electron chi connectivity index (χ0n) is 15.3. The molecule has 28 heavy (non-hydrogen) atoms. The highest BCUT2D eigenvalue weighted by molar-refractivity contribution is 5.98. The van der Waals surface area contributed by atoms with E-state index in [-0.39, 0.29) is 17.6 Å². The molecule has 0 bridgehead atoms. The van der Waals surface area contributed by atoms with Crippen LogP contribution in [0.1, 0.15) is 39.8 Å². The molecule has 2 N–H and O–H groups in total. The van der Waals surface area contributed by atoms with Crippen LogP contribution < -0.4 is 10.6 Å². The molecular weight excluding hydrogens is 359 g/mol. The SMILES string of the molecule is Cn1ccnc1C(NC(=O)c1ccc2c(c1)CCC(=O)N2)c1ccc(F)cc1. The van der Waals surface area contributed by atoms with E-state index in [1.807, 2.05) is 11.6 Å². The Morgan fingerprint density at radius 3 is 2.71 bits per heavy atom. The maximum absolute atomic E-state index is 13.3. The summed E-state index contributed by atoms with van der Waals surface area (Å²) < 4.78 is 15.2. The van der Waals surface area contributed by atoms with E-state index in [9.17, 15) is 14.0 Å². The summed E-state index contributed by atoms with van der Waals surface area (Å²) in [7, 11) is 1.84. The molecule has 6 nitrogen and oxygen atoms in total. The van der Waals surface area contributed by atoms with Gasteiger partial charge in [-0.15, -0.1) is 0 Å². The fourth-order valence-corrected chi connectivity index (χ4v) is 3.35. The average Bonchev–Trinajstić information content (AvgIpc) is 3.12. The molecule has 0 aliphatic carbocycles. The van der Waals surface area contributed by atoms with Gasteiger partial charge in [-0.3, -0.25) is 9.59 Å². The molecule has 2 amide bonds. The first kappa shape index (κ1) is 17.9. The summed E-state index contributed by atoms with van der Waals surface area (Å²) >= 11 is 0. The summed E-state index contributed by atoms with van der Waals surface area (Å²) in [6.07, 6.45) is 4.45. The molecule has 0 spiro atoms. The van der Waals surface area contributed by atoms with Gasteiger partial charge in [-0.2, -0.15) is 0 Å². The summed E-state index contributed by atoms with van der Waals surface area (Å²) in [5, 5.41) is 5.80. The topological polar surface area (TPSA) is 76.0 Å². The Morgan fingerprint density at radius 1 is 1.21 bits per heavy atom. The van der Waals surface area contributed by atoms with Gasteiger partial charge in [-0.25, -0.2) is 9.37 Å². The number of aromatic nitrogens is 2. The number of rotatable bonds is 4. The van der Waals surface area contributed by atoms with E-state index in [0.29, 0.717) is 24.2 Å². The van der Waals surface area contributed by atoms with Crippen LogP contribution in [0.5, 0.6) is 0 Å². The smallest absolute Gasteiger partial charge is 0.252 e. The highest BCUT2D eigenvalue weighted by atomic mass is 19.1. The number of imidazole rings is 1. The van der Waals surface area contributed by atoms with Crippen LogP contribution in [0, 0.1) is 5.82 Å². The minimum atomic E-state index is -0.524. The highest BCUT2D eigenvalue weighted by Gasteiger charge is 2.23. The molecular formula is C21H19FN4O2. The van der Waals surface area contributed by atoms with Crippen LogP contribution in [0.4, 0.5) is 10.1 Å². The third-order valence-electron chi connectivity index (χ3n) is 4.86. The largest absolute Gasteiger partial charge is 0.338 e. The van der Waals surface area contributed by atoms with Crippen LogP contribution in [0.15, 0.2) is 54.9 Å². The van der Waals surface area contributed by atoms with Crippen molar-refractivity contribution in [3.05, 3.63) is 83.2 Å². The Bertz CT molecular complexity index is 1040. The number of fused-ring (bicyclic) bond motifs is 1. The predicted molar refractivity (Wildman–Crippen MR) is 102 cm³/mol. The van der Waals surface area contributed by atoms with Crippen molar-refractivity contribution in [2.24, 2.45) is 7.05 Å². The minimum absolute atomic E-state index is 0.0177. The van der Waals surface area contributed by atoms with E-state index in [1.54, 1.807) is 42.7 Å². The number of hydrogen-bond acceptors (Lipinski definition) is 3. The van der Waals surface area contributed by atoms with Crippen molar-refractivity contribution in [2.75, 3.05) is 5.32 Å². The zero-order chi connectivity index (χ0) is 19.7. The van der Waals surface area contributed by atoms with E-state index in [4.69, 9.17) is 0 Å². The summed E-state index contributed by atoms with van der Waals surface area (Å²) in [4.78, 5) is 28.8. The van der Waals surface area contributed by atoms with Gasteiger partial charge in [0.2, 0.25) is 5.91 Å². The van der Waals surface area contributed by atoms with Crippen LogP contribution in [0.3, 0.4) is 0 Å². The summed E-state index contributed by atoms with van der Waals surface area (Å²) in [5.41, 5.74) is 2.90. The first-order valence-corrected chi connectivity index (χ1v) is 8.97. The van der Waals surface area contributed by atoms with Gasteiger partial charge in [-0.1, -0.05) is 12.1 Å². The van der Waals surface area contributed by atoms with Crippen LogP contribution in [-0.4, -0.2) is 21.4 Å². The lowest BCUT2D eigenvalue weighted by molar-refractivity contribution is -0.116. The van der Waals surface area contributed by atoms with Gasteiger partial charge in [-0.05, 0) is 47.9 Å². The van der Waals surface area contributed by atoms with E-state index in [0.717, 1.165) is 16.8 Å². The monoisotopic (exact) mass is 378 g/mol. The van der Waals surface area contributed by atoms with Gasteiger partial charge in [0.05, 0.1) is 0 Å². The zero-order valence-corrected chi connectivity index (χ0v) is 15.3. The number of hydrogen-bond donors (Lipinski definition) is 2. The standard InChI is InChI=1S/C21H19FN4O2/c1-26-11-10-23-20(26)19(13-2-6-16(22)7-3-13)25-21(28)15-4-8-17-14(12-15)5-9-18(27)24-17/h2-4,6-8,10-12,19H,5,9H2,1H3,(H,24,27)(H,25,28). The lowest BCUT2D eigenvalue weighted by Gasteiger charge is -2.21. The first-order chi connectivity index (χ1) is 13.5. The Kier molecular flexibility index (Phi) is 4.65. The molecule has 0 saturated carbocycles. The second-order valence-corrected chi connectivity index (χ2v) is 6.77. The van der Waals surface area contributed by atoms with Gasteiger partial charge < -0.3 is 15.2 Å². The van der Waals surface area contributed by atoms with E-state index < -0.39 is 6.04 Å². The van der Waals surface area contributed by atoms with Crippen molar-refractivity contribution in [3.63, 3.8) is 0 Å². The van der Waals surface area contributed by atoms with Gasteiger partial charge in [0.1, 0.15) is 17.7 Å². The number of benzene rings is 2. The fraction of sp³-hybridized carbons (Fsp3) is 0.190. The number of anilines is 1. The molecule has 0 saturated heterocycles. The molecule has 7 heteroatoms. The van der Waals surface area contributed by atoms with Crippen molar-refractivity contribution in [2.45, 2.75) is 18.9 Å². The molecule has 0 radical (unpaired) electrons. The molecule has 2 aromatic carbocycles. The number of nitrogens with zero attached hydrogens (tertiary/aromatic N) is 2. The fourth-order valence-electron chi connectivity index (χ4n) is 3.35. The Morgan fingerprint density at radius 2 is 2.00 bits per heavy atom. The first-order valence-electron chi connectivity index (χ1n) is 8.97. The van der Waals surface area contributed by atoms with Crippen LogP contribution in [0.2, 0.25) is 0 Å². The molecule has 2 heterocycles. The molecule has 1 aromatic heterocycles. The summed E-state index contributed by atoms with van der Waals surface area (Å²) in [6, 6.07) is 10.7. The molecule has 1 unspecified atom stereocenters. The maximum Gasteiger partial charge on any atom is 0.252 e. The lowest BCUT2D eigenvalue weighted by atomic mass is 9.99. The minimum Gasteiger partial charge on any atom is -0.338 e. The Hall–Kier alpha value is -3.48. The average molecular weight is 378 g/mol. The second kappa shape index (κ2) is 7.26. The van der Waals surface area contributed by atoms with Gasteiger partial charge in [0.15, 0.2) is 0 Å². The van der Waals surface area contributed by atoms with Crippen LogP contribution in [0.25, 0.3) is 0 Å². The van der Waals surface area contributed by atoms with Crippen molar-refractivity contribution < 1.29 is 14.0 Å². The predicted octanol–water partition coefficient (Wildman–Crippen LogP) is 2.96. The van der Waals surface area contributed by atoms with Crippen LogP contribution >= 0.6 is 0 Å². The third kappa shape index (κ3) is 3.51. The molecule has 1 aliphatic rings. The number of amides is 2. The molecule has 1 atom stereocenters. The number of carbonyl (C=O) groups excluding carboxylic acids is 2. The summed E-state index contributed by atoms with van der Waals surface area (Å²) in [5.74, 6) is 0.0171. The summed E-state index contributed by atoms with van der Waals surface area (Å²) in [6.45, 7) is 0. The molecule has 1 aliphatic heterocycles. The van der Waals surface area contributed by atoms with E-state index >= 15 is 0 Å². The highest BCUT2D eigenvalue weighted by Crippen LogP contribution is 2.25. The normalized spacial score (nSPS) is 14.1. The molecule has 4 rings (SSSR count).